The van der Waals surface area contributed by atoms with E-state index in [1.54, 1.807) is 18.6 Å². The van der Waals surface area contributed by atoms with Gasteiger partial charge in [0.15, 0.2) is 0 Å². The van der Waals surface area contributed by atoms with Crippen molar-refractivity contribution in [2.24, 2.45) is 0 Å². The molecule has 2 heterocycles. The zero-order valence-electron chi connectivity index (χ0n) is 8.85. The molecule has 5 nitrogen and oxygen atoms in total. The van der Waals surface area contributed by atoms with Gasteiger partial charge in [0.05, 0.1) is 6.20 Å². The predicted molar refractivity (Wildman–Crippen MR) is 59.5 cm³/mol. The van der Waals surface area contributed by atoms with Crippen LogP contribution in [0.2, 0.25) is 0 Å². The van der Waals surface area contributed by atoms with E-state index in [-0.39, 0.29) is 0 Å². The summed E-state index contributed by atoms with van der Waals surface area (Å²) in [6.45, 7) is 0.845. The molecule has 3 rings (SSSR count). The van der Waals surface area contributed by atoms with Crippen molar-refractivity contribution in [3.8, 4) is 11.4 Å². The molecule has 0 amide bonds. The van der Waals surface area contributed by atoms with Gasteiger partial charge in [0.2, 0.25) is 0 Å². The van der Waals surface area contributed by atoms with Crippen LogP contribution in [0.15, 0.2) is 24.7 Å². The second-order valence-electron chi connectivity index (χ2n) is 4.02. The largest absolute Gasteiger partial charge is 0.308 e. The molecule has 2 aromatic heterocycles. The number of aromatic amines is 1. The Hall–Kier alpha value is -1.75. The molecule has 0 atom stereocenters. The smallest absolute Gasteiger partial charge is 0.112 e. The van der Waals surface area contributed by atoms with Gasteiger partial charge in [-0.2, -0.15) is 5.10 Å². The van der Waals surface area contributed by atoms with Crippen LogP contribution in [-0.2, 0) is 6.54 Å². The van der Waals surface area contributed by atoms with Gasteiger partial charge in [-0.25, -0.2) is 0 Å². The maximum atomic E-state index is 4.22. The zero-order valence-corrected chi connectivity index (χ0v) is 8.85. The average Bonchev–Trinajstić information content (AvgIpc) is 3.05. The van der Waals surface area contributed by atoms with Crippen LogP contribution >= 0.6 is 0 Å². The van der Waals surface area contributed by atoms with Gasteiger partial charge in [-0.05, 0) is 18.9 Å². The van der Waals surface area contributed by atoms with Crippen molar-refractivity contribution in [1.82, 2.24) is 25.5 Å². The van der Waals surface area contributed by atoms with Crippen molar-refractivity contribution in [3.05, 3.63) is 30.4 Å². The molecule has 2 N–H and O–H groups in total. The third-order valence-corrected chi connectivity index (χ3v) is 2.62. The molecule has 0 aromatic carbocycles. The lowest BCUT2D eigenvalue weighted by Gasteiger charge is -1.97. The van der Waals surface area contributed by atoms with E-state index in [4.69, 9.17) is 0 Å². The van der Waals surface area contributed by atoms with Gasteiger partial charge in [-0.3, -0.25) is 15.1 Å². The fraction of sp³-hybridized carbons (Fsp3) is 0.364. The first kappa shape index (κ1) is 9.47. The molecular formula is C11H13N5. The Kier molecular flexibility index (Phi) is 2.38. The van der Waals surface area contributed by atoms with Crippen LogP contribution in [-0.4, -0.2) is 26.2 Å². The fourth-order valence-corrected chi connectivity index (χ4v) is 1.56. The summed E-state index contributed by atoms with van der Waals surface area (Å²) in [6.07, 6.45) is 7.64. The molecule has 0 aliphatic heterocycles. The summed E-state index contributed by atoms with van der Waals surface area (Å²) in [5, 5.41) is 10.7. The van der Waals surface area contributed by atoms with E-state index in [0.29, 0.717) is 6.04 Å². The van der Waals surface area contributed by atoms with Crippen molar-refractivity contribution in [3.63, 3.8) is 0 Å². The van der Waals surface area contributed by atoms with Crippen LogP contribution in [0.25, 0.3) is 11.4 Å². The van der Waals surface area contributed by atoms with Crippen LogP contribution in [0.5, 0.6) is 0 Å². The summed E-state index contributed by atoms with van der Waals surface area (Å²) in [7, 11) is 0. The summed E-state index contributed by atoms with van der Waals surface area (Å²) in [5.41, 5.74) is 2.74. The van der Waals surface area contributed by atoms with Gasteiger partial charge in [-0.15, -0.1) is 0 Å². The van der Waals surface area contributed by atoms with Gasteiger partial charge >= 0.3 is 0 Å². The standard InChI is InChI=1S/C11H13N5/c1-2-8(1)14-6-9-5-10(16-15-9)11-7-12-3-4-13-11/h3-5,7-8,14H,1-2,6H2,(H,15,16). The van der Waals surface area contributed by atoms with Crippen LogP contribution in [0.4, 0.5) is 0 Å². The summed E-state index contributed by atoms with van der Waals surface area (Å²) in [4.78, 5) is 8.23. The van der Waals surface area contributed by atoms with Gasteiger partial charge in [0.25, 0.3) is 0 Å². The fourth-order valence-electron chi connectivity index (χ4n) is 1.56. The predicted octanol–water partition coefficient (Wildman–Crippen LogP) is 1.12. The topological polar surface area (TPSA) is 66.5 Å². The van der Waals surface area contributed by atoms with Crippen molar-refractivity contribution in [2.75, 3.05) is 0 Å². The van der Waals surface area contributed by atoms with Gasteiger partial charge in [0.1, 0.15) is 11.4 Å². The van der Waals surface area contributed by atoms with Crippen LogP contribution < -0.4 is 5.32 Å². The molecule has 0 radical (unpaired) electrons. The highest BCUT2D eigenvalue weighted by atomic mass is 15.1. The van der Waals surface area contributed by atoms with E-state index >= 15 is 0 Å². The lowest BCUT2D eigenvalue weighted by molar-refractivity contribution is 0.672. The van der Waals surface area contributed by atoms with E-state index in [1.807, 2.05) is 6.07 Å². The number of H-pyrrole nitrogens is 1. The number of rotatable bonds is 4. The van der Waals surface area contributed by atoms with Crippen molar-refractivity contribution < 1.29 is 0 Å². The van der Waals surface area contributed by atoms with Crippen molar-refractivity contribution in [1.29, 1.82) is 0 Å². The van der Waals surface area contributed by atoms with E-state index in [2.05, 4.69) is 25.5 Å². The van der Waals surface area contributed by atoms with E-state index in [9.17, 15) is 0 Å². The summed E-state index contributed by atoms with van der Waals surface area (Å²) in [5.74, 6) is 0. The van der Waals surface area contributed by atoms with Gasteiger partial charge in [-0.1, -0.05) is 0 Å². The van der Waals surface area contributed by atoms with Crippen molar-refractivity contribution >= 4 is 0 Å². The highest BCUT2D eigenvalue weighted by molar-refractivity contribution is 5.52. The number of hydrogen-bond acceptors (Lipinski definition) is 4. The first-order chi connectivity index (χ1) is 7.92. The molecule has 2 aromatic rings. The SMILES string of the molecule is c1cnc(-c2cc(CNC3CC3)[nH]n2)cn1. The Labute approximate surface area is 93.3 Å². The molecular weight excluding hydrogens is 202 g/mol. The Balaban J connectivity index is 1.71. The lowest BCUT2D eigenvalue weighted by atomic mass is 10.3. The Bertz CT molecular complexity index is 460. The molecule has 16 heavy (non-hydrogen) atoms. The Morgan fingerprint density at radius 1 is 1.31 bits per heavy atom. The van der Waals surface area contributed by atoms with E-state index in [0.717, 1.165) is 23.6 Å². The van der Waals surface area contributed by atoms with Crippen LogP contribution in [0.1, 0.15) is 18.5 Å². The number of hydrogen-bond donors (Lipinski definition) is 2. The highest BCUT2D eigenvalue weighted by Gasteiger charge is 2.20. The number of nitrogens with zero attached hydrogens (tertiary/aromatic N) is 3. The van der Waals surface area contributed by atoms with Crippen LogP contribution in [0, 0.1) is 0 Å². The van der Waals surface area contributed by atoms with Gasteiger partial charge < -0.3 is 5.32 Å². The monoisotopic (exact) mass is 215 g/mol. The molecule has 1 aliphatic carbocycles. The molecule has 0 spiro atoms. The zero-order chi connectivity index (χ0) is 10.8. The summed E-state index contributed by atoms with van der Waals surface area (Å²) >= 11 is 0. The normalized spacial score (nSPS) is 15.2. The maximum absolute atomic E-state index is 4.22. The molecule has 1 fully saturated rings. The van der Waals surface area contributed by atoms with Crippen LogP contribution in [0.3, 0.4) is 0 Å². The second kappa shape index (κ2) is 4.02. The molecule has 82 valence electrons. The average molecular weight is 215 g/mol. The Morgan fingerprint density at radius 2 is 2.25 bits per heavy atom. The first-order valence-electron chi connectivity index (χ1n) is 5.46. The van der Waals surface area contributed by atoms with Crippen molar-refractivity contribution in [2.45, 2.75) is 25.4 Å². The molecule has 0 unspecified atom stereocenters. The lowest BCUT2D eigenvalue weighted by Crippen LogP contribution is -2.15. The molecule has 5 heteroatoms. The van der Waals surface area contributed by atoms with Gasteiger partial charge in [0, 0.05) is 30.7 Å². The molecule has 1 aliphatic rings. The first-order valence-corrected chi connectivity index (χ1v) is 5.46. The highest BCUT2D eigenvalue weighted by Crippen LogP contribution is 2.19. The number of nitrogens with one attached hydrogen (secondary N) is 2. The minimum atomic E-state index is 0.711. The van der Waals surface area contributed by atoms with E-state index in [1.165, 1.54) is 12.8 Å². The molecule has 1 saturated carbocycles. The maximum Gasteiger partial charge on any atom is 0.112 e. The molecule has 0 bridgehead atoms. The quantitative estimate of drug-likeness (QED) is 0.802. The van der Waals surface area contributed by atoms with E-state index < -0.39 is 0 Å². The molecule has 0 saturated heterocycles. The minimum absolute atomic E-state index is 0.711. The third kappa shape index (κ3) is 2.09. The summed E-state index contributed by atoms with van der Waals surface area (Å²) < 4.78 is 0. The minimum Gasteiger partial charge on any atom is -0.308 e. The summed E-state index contributed by atoms with van der Waals surface area (Å²) in [6, 6.07) is 2.72. The third-order valence-electron chi connectivity index (χ3n) is 2.62. The second-order valence-corrected chi connectivity index (χ2v) is 4.02. The number of aromatic nitrogens is 4. The Morgan fingerprint density at radius 3 is 3.00 bits per heavy atom.